The Morgan fingerprint density at radius 1 is 1.11 bits per heavy atom. The summed E-state index contributed by atoms with van der Waals surface area (Å²) in [7, 11) is 5.42. The SMILES string of the molecule is COC1=CC2C3Cc4ccc(OC)c(OCc5cn(Cc6ccccc6)nn5)c4C2(CCN3C)CC1=O. The highest BCUT2D eigenvalue weighted by Gasteiger charge is 2.56. The summed E-state index contributed by atoms with van der Waals surface area (Å²) in [5, 5.41) is 8.63. The van der Waals surface area contributed by atoms with Crippen molar-refractivity contribution in [3.05, 3.63) is 82.9 Å². The molecule has 8 heteroatoms. The minimum absolute atomic E-state index is 0.0486. The van der Waals surface area contributed by atoms with E-state index in [0.717, 1.165) is 36.2 Å². The molecule has 192 valence electrons. The number of carbonyl (C=O) groups is 1. The molecular formula is C29H32N4O4. The molecule has 0 radical (unpaired) electrons. The van der Waals surface area contributed by atoms with Crippen LogP contribution in [0.3, 0.4) is 0 Å². The van der Waals surface area contributed by atoms with Crippen LogP contribution in [0.2, 0.25) is 0 Å². The number of fused-ring (bicyclic) bond motifs is 1. The van der Waals surface area contributed by atoms with Crippen LogP contribution >= 0.6 is 0 Å². The molecule has 1 fully saturated rings. The van der Waals surface area contributed by atoms with E-state index >= 15 is 0 Å². The van der Waals surface area contributed by atoms with Crippen LogP contribution in [0.15, 0.2) is 60.5 Å². The highest BCUT2D eigenvalue weighted by atomic mass is 16.5. The summed E-state index contributed by atoms with van der Waals surface area (Å²) in [6.07, 6.45) is 6.14. The van der Waals surface area contributed by atoms with Crippen LogP contribution < -0.4 is 9.47 Å². The molecule has 8 nitrogen and oxygen atoms in total. The Bertz CT molecular complexity index is 1350. The van der Waals surface area contributed by atoms with E-state index in [4.69, 9.17) is 14.2 Å². The van der Waals surface area contributed by atoms with Crippen molar-refractivity contribution >= 4 is 5.78 Å². The van der Waals surface area contributed by atoms with Crippen molar-refractivity contribution < 1.29 is 19.0 Å². The van der Waals surface area contributed by atoms with Gasteiger partial charge in [-0.2, -0.15) is 0 Å². The summed E-state index contributed by atoms with van der Waals surface area (Å²) in [5.41, 5.74) is 3.88. The van der Waals surface area contributed by atoms with E-state index in [2.05, 4.69) is 46.5 Å². The Morgan fingerprint density at radius 3 is 2.73 bits per heavy atom. The lowest BCUT2D eigenvalue weighted by molar-refractivity contribution is -0.122. The van der Waals surface area contributed by atoms with Gasteiger partial charge >= 0.3 is 0 Å². The molecule has 2 aliphatic carbocycles. The second kappa shape index (κ2) is 9.34. The highest BCUT2D eigenvalue weighted by Crippen LogP contribution is 2.58. The van der Waals surface area contributed by atoms with Crippen LogP contribution in [0, 0.1) is 5.92 Å². The zero-order valence-corrected chi connectivity index (χ0v) is 21.5. The molecule has 1 saturated heterocycles. The van der Waals surface area contributed by atoms with E-state index in [1.165, 1.54) is 5.56 Å². The molecule has 2 bridgehead atoms. The van der Waals surface area contributed by atoms with E-state index in [-0.39, 0.29) is 23.7 Å². The van der Waals surface area contributed by atoms with Crippen LogP contribution in [0.25, 0.3) is 0 Å². The van der Waals surface area contributed by atoms with Gasteiger partial charge in [0, 0.05) is 29.4 Å². The van der Waals surface area contributed by atoms with Gasteiger partial charge in [0.1, 0.15) is 12.3 Å². The third kappa shape index (κ3) is 4.00. The molecule has 3 unspecified atom stereocenters. The lowest BCUT2D eigenvalue weighted by Crippen LogP contribution is -2.60. The van der Waals surface area contributed by atoms with Crippen molar-refractivity contribution in [3.8, 4) is 11.5 Å². The van der Waals surface area contributed by atoms with Crippen molar-refractivity contribution in [1.82, 2.24) is 19.9 Å². The second-order valence-corrected chi connectivity index (χ2v) is 10.3. The van der Waals surface area contributed by atoms with Gasteiger partial charge in [-0.1, -0.05) is 41.6 Å². The standard InChI is InChI=1S/C29H32N4O4/c1-32-12-11-29-15-24(34)26(36-3)14-22(29)23(32)13-20-9-10-25(35-2)28(27(20)29)37-18-21-17-33(31-30-21)16-19-7-5-4-6-8-19/h4-10,14,17,22-23H,11-13,15-16,18H2,1-3H3. The average molecular weight is 501 g/mol. The maximum absolute atomic E-state index is 13.2. The van der Waals surface area contributed by atoms with Gasteiger partial charge in [-0.25, -0.2) is 4.68 Å². The van der Waals surface area contributed by atoms with E-state index in [1.54, 1.807) is 14.2 Å². The average Bonchev–Trinajstić information content (AvgIpc) is 3.36. The highest BCUT2D eigenvalue weighted by molar-refractivity contribution is 5.96. The van der Waals surface area contributed by atoms with Gasteiger partial charge in [0.15, 0.2) is 23.0 Å². The summed E-state index contributed by atoms with van der Waals surface area (Å²) >= 11 is 0. The largest absolute Gasteiger partial charge is 0.493 e. The number of ether oxygens (including phenoxy) is 3. The lowest BCUT2D eigenvalue weighted by atomic mass is 9.53. The number of piperidine rings is 1. The number of benzene rings is 2. The van der Waals surface area contributed by atoms with E-state index in [0.29, 0.717) is 36.3 Å². The first-order valence-electron chi connectivity index (χ1n) is 12.8. The molecule has 6 rings (SSSR count). The molecular weight excluding hydrogens is 468 g/mol. The van der Waals surface area contributed by atoms with Gasteiger partial charge in [-0.05, 0) is 49.7 Å². The minimum atomic E-state index is -0.349. The topological polar surface area (TPSA) is 78.7 Å². The van der Waals surface area contributed by atoms with Gasteiger partial charge < -0.3 is 19.1 Å². The number of methoxy groups -OCH3 is 2. The summed E-state index contributed by atoms with van der Waals surface area (Å²) in [5.74, 6) is 2.08. The van der Waals surface area contributed by atoms with E-state index in [9.17, 15) is 4.79 Å². The molecule has 37 heavy (non-hydrogen) atoms. The van der Waals surface area contributed by atoms with Crippen molar-refractivity contribution in [2.24, 2.45) is 5.92 Å². The summed E-state index contributed by atoms with van der Waals surface area (Å²) < 4.78 is 19.6. The van der Waals surface area contributed by atoms with Crippen LogP contribution in [0.5, 0.6) is 11.5 Å². The van der Waals surface area contributed by atoms with Crippen molar-refractivity contribution in [2.45, 2.75) is 43.9 Å². The van der Waals surface area contributed by atoms with Crippen LogP contribution in [0.4, 0.5) is 0 Å². The second-order valence-electron chi connectivity index (χ2n) is 10.3. The molecule has 2 heterocycles. The maximum atomic E-state index is 13.2. The molecule has 1 aromatic heterocycles. The Morgan fingerprint density at radius 2 is 1.95 bits per heavy atom. The number of allylic oxidation sites excluding steroid dienone is 1. The molecule has 2 aromatic carbocycles. The number of likely N-dealkylation sites (N-methyl/N-ethyl adjacent to an activating group) is 1. The number of aromatic nitrogens is 3. The fourth-order valence-corrected chi connectivity index (χ4v) is 6.55. The number of Topliss-reactive ketones (excluding diaryl/α,β-unsaturated/α-hetero) is 1. The van der Waals surface area contributed by atoms with Crippen molar-refractivity contribution in [3.63, 3.8) is 0 Å². The summed E-state index contributed by atoms with van der Waals surface area (Å²) in [4.78, 5) is 15.6. The predicted octanol–water partition coefficient (Wildman–Crippen LogP) is 3.53. The zero-order chi connectivity index (χ0) is 25.6. The summed E-state index contributed by atoms with van der Waals surface area (Å²) in [6, 6.07) is 14.6. The number of nitrogens with zero attached hydrogens (tertiary/aromatic N) is 4. The maximum Gasteiger partial charge on any atom is 0.197 e. The number of ketones is 1. The van der Waals surface area contributed by atoms with Gasteiger partial charge in [-0.15, -0.1) is 5.10 Å². The zero-order valence-electron chi connectivity index (χ0n) is 21.5. The molecule has 3 atom stereocenters. The number of hydrogen-bond acceptors (Lipinski definition) is 7. The van der Waals surface area contributed by atoms with Gasteiger partial charge in [0.25, 0.3) is 0 Å². The Kier molecular flexibility index (Phi) is 5.99. The summed E-state index contributed by atoms with van der Waals surface area (Å²) in [6.45, 7) is 1.83. The molecule has 3 aliphatic rings. The number of rotatable bonds is 7. The van der Waals surface area contributed by atoms with Crippen molar-refractivity contribution in [2.75, 3.05) is 27.8 Å². The van der Waals surface area contributed by atoms with E-state index < -0.39 is 0 Å². The lowest BCUT2D eigenvalue weighted by Gasteiger charge is -2.56. The first-order chi connectivity index (χ1) is 18.0. The third-order valence-corrected chi connectivity index (χ3v) is 8.32. The predicted molar refractivity (Wildman–Crippen MR) is 138 cm³/mol. The fraction of sp³-hybridized carbons (Fsp3) is 0.414. The van der Waals surface area contributed by atoms with E-state index in [1.807, 2.05) is 35.1 Å². The number of carbonyl (C=O) groups excluding carboxylic acids is 1. The smallest absolute Gasteiger partial charge is 0.197 e. The van der Waals surface area contributed by atoms with Crippen LogP contribution in [0.1, 0.15) is 35.2 Å². The first-order valence-corrected chi connectivity index (χ1v) is 12.8. The van der Waals surface area contributed by atoms with Crippen LogP contribution in [-0.2, 0) is 34.5 Å². The molecule has 0 saturated carbocycles. The van der Waals surface area contributed by atoms with Crippen LogP contribution in [-0.4, -0.2) is 59.5 Å². The number of hydrogen-bond donors (Lipinski definition) is 0. The number of likely N-dealkylation sites (tertiary alicyclic amines) is 1. The van der Waals surface area contributed by atoms with Gasteiger partial charge in [0.2, 0.25) is 0 Å². The Labute approximate surface area is 216 Å². The van der Waals surface area contributed by atoms with Gasteiger partial charge in [-0.3, -0.25) is 4.79 Å². The molecule has 1 aliphatic heterocycles. The molecule has 0 amide bonds. The molecule has 3 aromatic rings. The molecule has 0 N–H and O–H groups in total. The minimum Gasteiger partial charge on any atom is -0.493 e. The monoisotopic (exact) mass is 500 g/mol. The van der Waals surface area contributed by atoms with Crippen molar-refractivity contribution in [1.29, 1.82) is 0 Å². The Hall–Kier alpha value is -3.65. The quantitative estimate of drug-likeness (QED) is 0.491. The fourth-order valence-electron chi connectivity index (χ4n) is 6.55. The normalized spacial score (nSPS) is 24.6. The Balaban J connectivity index is 1.35. The third-order valence-electron chi connectivity index (χ3n) is 8.32. The molecule has 0 spiro atoms. The van der Waals surface area contributed by atoms with Gasteiger partial charge in [0.05, 0.1) is 27.0 Å². The first kappa shape index (κ1) is 23.7.